The first kappa shape index (κ1) is 13.5. The molecule has 110 valence electrons. The second-order valence-corrected chi connectivity index (χ2v) is 5.31. The van der Waals surface area contributed by atoms with Gasteiger partial charge in [-0.2, -0.15) is 9.36 Å². The maximum absolute atomic E-state index is 12.0. The lowest BCUT2D eigenvalue weighted by molar-refractivity contribution is -0.119. The van der Waals surface area contributed by atoms with Crippen molar-refractivity contribution in [1.29, 1.82) is 0 Å². The van der Waals surface area contributed by atoms with E-state index in [1.165, 1.54) is 4.68 Å². The summed E-state index contributed by atoms with van der Waals surface area (Å²) < 4.78 is 2.37. The number of carbonyl (C=O) groups excluding carboxylic acids is 1. The number of benzene rings is 1. The Kier molecular flexibility index (Phi) is 3.55. The van der Waals surface area contributed by atoms with Crippen molar-refractivity contribution < 1.29 is 4.79 Å². The number of hydrogen-bond donors (Lipinski definition) is 1. The first-order valence-electron chi connectivity index (χ1n) is 7.05. The monoisotopic (exact) mass is 287 g/mol. The zero-order chi connectivity index (χ0) is 14.8. The van der Waals surface area contributed by atoms with E-state index in [0.29, 0.717) is 5.69 Å². The number of tetrazole rings is 1. The molecule has 1 aliphatic carbocycles. The molecule has 3 rings (SSSR count). The summed E-state index contributed by atoms with van der Waals surface area (Å²) in [4.78, 5) is 23.8. The van der Waals surface area contributed by atoms with Crippen LogP contribution in [0.15, 0.2) is 29.1 Å². The van der Waals surface area contributed by atoms with Crippen LogP contribution in [0.5, 0.6) is 0 Å². The fourth-order valence-corrected chi connectivity index (χ4v) is 2.59. The Morgan fingerprint density at radius 2 is 1.86 bits per heavy atom. The fraction of sp³-hybridized carbons (Fsp3) is 0.429. The molecule has 0 spiro atoms. The van der Waals surface area contributed by atoms with Gasteiger partial charge in [-0.15, -0.1) is 0 Å². The van der Waals surface area contributed by atoms with Crippen LogP contribution < -0.4 is 11.0 Å². The average molecular weight is 287 g/mol. The summed E-state index contributed by atoms with van der Waals surface area (Å²) in [5, 5.41) is 10.3. The summed E-state index contributed by atoms with van der Waals surface area (Å²) in [5.41, 5.74) is 1.04. The third-order valence-corrected chi connectivity index (χ3v) is 3.83. The molecule has 0 aliphatic heterocycles. The maximum atomic E-state index is 12.0. The molecular weight excluding hydrogens is 270 g/mol. The van der Waals surface area contributed by atoms with Gasteiger partial charge in [-0.05, 0) is 47.5 Å². The first-order valence-corrected chi connectivity index (χ1v) is 7.05. The molecule has 1 aliphatic rings. The lowest BCUT2D eigenvalue weighted by Crippen LogP contribution is -2.22. The quantitative estimate of drug-likeness (QED) is 0.916. The molecule has 0 saturated heterocycles. The zero-order valence-electron chi connectivity index (χ0n) is 11.8. The van der Waals surface area contributed by atoms with E-state index in [9.17, 15) is 9.59 Å². The highest BCUT2D eigenvalue weighted by molar-refractivity contribution is 5.92. The standard InChI is InChI=1S/C14H17N5O2/c1-18-14(21)19(17-16-18)12-8-6-11(7-9-12)15-13(20)10-4-2-3-5-10/h6-10H,2-5H2,1H3,(H,15,20). The molecular formula is C14H17N5O2. The fourth-order valence-electron chi connectivity index (χ4n) is 2.59. The summed E-state index contributed by atoms with van der Waals surface area (Å²) in [6, 6.07) is 7.01. The van der Waals surface area contributed by atoms with E-state index in [2.05, 4.69) is 15.7 Å². The molecule has 0 radical (unpaired) electrons. The largest absolute Gasteiger partial charge is 0.368 e. The van der Waals surface area contributed by atoms with Gasteiger partial charge in [-0.25, -0.2) is 4.79 Å². The molecule has 2 aromatic rings. The lowest BCUT2D eigenvalue weighted by Gasteiger charge is -2.10. The van der Waals surface area contributed by atoms with Crippen molar-refractivity contribution in [2.45, 2.75) is 25.7 Å². The Morgan fingerprint density at radius 1 is 1.19 bits per heavy atom. The molecule has 7 nitrogen and oxygen atoms in total. The van der Waals surface area contributed by atoms with Crippen LogP contribution in [0.1, 0.15) is 25.7 Å². The van der Waals surface area contributed by atoms with Crippen molar-refractivity contribution in [2.75, 3.05) is 5.32 Å². The van der Waals surface area contributed by atoms with Crippen LogP contribution in [0, 0.1) is 5.92 Å². The number of nitrogens with one attached hydrogen (secondary N) is 1. The Labute approximate surface area is 121 Å². The SMILES string of the molecule is Cn1nnn(-c2ccc(NC(=O)C3CCCC3)cc2)c1=O. The van der Waals surface area contributed by atoms with Crippen molar-refractivity contribution >= 4 is 11.6 Å². The van der Waals surface area contributed by atoms with E-state index < -0.39 is 0 Å². The third-order valence-electron chi connectivity index (χ3n) is 3.83. The first-order chi connectivity index (χ1) is 10.1. The topological polar surface area (TPSA) is 81.8 Å². The van der Waals surface area contributed by atoms with Gasteiger partial charge in [0.1, 0.15) is 0 Å². The highest BCUT2D eigenvalue weighted by Gasteiger charge is 2.22. The van der Waals surface area contributed by atoms with Crippen LogP contribution in [0.3, 0.4) is 0 Å². The number of hydrogen-bond acceptors (Lipinski definition) is 4. The van der Waals surface area contributed by atoms with Gasteiger partial charge >= 0.3 is 5.69 Å². The van der Waals surface area contributed by atoms with Gasteiger partial charge in [0.15, 0.2) is 0 Å². The van der Waals surface area contributed by atoms with Crippen LogP contribution >= 0.6 is 0 Å². The minimum Gasteiger partial charge on any atom is -0.326 e. The Bertz CT molecular complexity index is 695. The lowest BCUT2D eigenvalue weighted by atomic mass is 10.1. The molecule has 7 heteroatoms. The number of anilines is 1. The minimum absolute atomic E-state index is 0.0805. The summed E-state index contributed by atoms with van der Waals surface area (Å²) in [6.45, 7) is 0. The predicted molar refractivity (Wildman–Crippen MR) is 77.2 cm³/mol. The van der Waals surface area contributed by atoms with Gasteiger partial charge in [-0.3, -0.25) is 4.79 Å². The second kappa shape index (κ2) is 5.51. The van der Waals surface area contributed by atoms with E-state index in [1.54, 1.807) is 31.3 Å². The van der Waals surface area contributed by atoms with Crippen molar-refractivity contribution in [2.24, 2.45) is 13.0 Å². The summed E-state index contributed by atoms with van der Waals surface area (Å²) >= 11 is 0. The molecule has 1 fully saturated rings. The van der Waals surface area contributed by atoms with Crippen molar-refractivity contribution in [3.05, 3.63) is 34.7 Å². The van der Waals surface area contributed by atoms with Crippen LogP contribution in [0.2, 0.25) is 0 Å². The molecule has 1 N–H and O–H groups in total. The average Bonchev–Trinajstić information content (AvgIpc) is 3.12. The highest BCUT2D eigenvalue weighted by atomic mass is 16.2. The molecule has 1 aromatic heterocycles. The Balaban J connectivity index is 1.73. The molecule has 21 heavy (non-hydrogen) atoms. The molecule has 1 heterocycles. The Morgan fingerprint density at radius 3 is 2.43 bits per heavy atom. The van der Waals surface area contributed by atoms with E-state index in [4.69, 9.17) is 0 Å². The van der Waals surface area contributed by atoms with Crippen molar-refractivity contribution in [3.8, 4) is 5.69 Å². The van der Waals surface area contributed by atoms with Crippen LogP contribution in [-0.2, 0) is 11.8 Å². The Hall–Kier alpha value is -2.44. The summed E-state index contributed by atoms with van der Waals surface area (Å²) in [6.07, 6.45) is 4.21. The maximum Gasteiger partial charge on any atom is 0.368 e. The minimum atomic E-state index is -0.308. The van der Waals surface area contributed by atoms with Crippen LogP contribution in [0.4, 0.5) is 5.69 Å². The summed E-state index contributed by atoms with van der Waals surface area (Å²) in [5.74, 6) is 0.212. The molecule has 1 aromatic carbocycles. The van der Waals surface area contributed by atoms with E-state index in [-0.39, 0.29) is 17.5 Å². The number of aromatic nitrogens is 4. The van der Waals surface area contributed by atoms with E-state index >= 15 is 0 Å². The molecule has 0 bridgehead atoms. The number of carbonyl (C=O) groups is 1. The van der Waals surface area contributed by atoms with E-state index in [1.807, 2.05) is 0 Å². The number of aryl methyl sites for hydroxylation is 1. The smallest absolute Gasteiger partial charge is 0.326 e. The second-order valence-electron chi connectivity index (χ2n) is 5.31. The zero-order valence-corrected chi connectivity index (χ0v) is 11.8. The highest BCUT2D eigenvalue weighted by Crippen LogP contribution is 2.26. The van der Waals surface area contributed by atoms with Gasteiger partial charge in [0.05, 0.1) is 5.69 Å². The van der Waals surface area contributed by atoms with Crippen LogP contribution in [0.25, 0.3) is 5.69 Å². The van der Waals surface area contributed by atoms with Crippen LogP contribution in [-0.4, -0.2) is 25.7 Å². The van der Waals surface area contributed by atoms with E-state index in [0.717, 1.165) is 36.1 Å². The number of rotatable bonds is 3. The van der Waals surface area contributed by atoms with Crippen molar-refractivity contribution in [1.82, 2.24) is 19.8 Å². The van der Waals surface area contributed by atoms with Gasteiger partial charge < -0.3 is 5.32 Å². The van der Waals surface area contributed by atoms with Crippen molar-refractivity contribution in [3.63, 3.8) is 0 Å². The predicted octanol–water partition coefficient (Wildman–Crippen LogP) is 1.09. The number of amides is 1. The third kappa shape index (κ3) is 2.72. The normalized spacial score (nSPS) is 15.3. The summed E-state index contributed by atoms with van der Waals surface area (Å²) in [7, 11) is 1.54. The van der Waals surface area contributed by atoms with Gasteiger partial charge in [0, 0.05) is 18.7 Å². The molecule has 0 unspecified atom stereocenters. The van der Waals surface area contributed by atoms with Gasteiger partial charge in [-0.1, -0.05) is 12.8 Å². The van der Waals surface area contributed by atoms with Gasteiger partial charge in [0.25, 0.3) is 0 Å². The number of nitrogens with zero attached hydrogens (tertiary/aromatic N) is 4. The molecule has 0 atom stereocenters. The van der Waals surface area contributed by atoms with Gasteiger partial charge in [0.2, 0.25) is 5.91 Å². The molecule has 1 saturated carbocycles. The molecule has 1 amide bonds.